The van der Waals surface area contributed by atoms with E-state index in [9.17, 15) is 4.79 Å². The highest BCUT2D eigenvalue weighted by atomic mass is 32.2. The van der Waals surface area contributed by atoms with Crippen LogP contribution in [0.3, 0.4) is 0 Å². The Bertz CT molecular complexity index is 1070. The number of hydrogen-bond donors (Lipinski definition) is 4. The molecular formula is C22H26N8OS+. The number of H-pyrrole nitrogens is 1. The maximum absolute atomic E-state index is 12.4. The number of nitrogens with one attached hydrogen (secondary N) is 4. The Hall–Kier alpha value is -3.08. The minimum absolute atomic E-state index is 0.0419. The minimum Gasteiger partial charge on any atom is -0.325 e. The zero-order chi connectivity index (χ0) is 21.9. The number of aromatic amines is 1. The number of anilines is 2. The van der Waals surface area contributed by atoms with E-state index in [1.54, 1.807) is 18.1 Å². The van der Waals surface area contributed by atoms with Gasteiger partial charge in [0, 0.05) is 22.3 Å². The third-order valence-electron chi connectivity index (χ3n) is 5.47. The largest absolute Gasteiger partial charge is 0.325 e. The lowest BCUT2D eigenvalue weighted by Crippen LogP contribution is -2.43. The van der Waals surface area contributed by atoms with Crippen molar-refractivity contribution < 1.29 is 4.79 Å². The summed E-state index contributed by atoms with van der Waals surface area (Å²) < 4.78 is 2.13. The van der Waals surface area contributed by atoms with Crippen LogP contribution < -0.4 is 20.9 Å². The highest BCUT2D eigenvalue weighted by molar-refractivity contribution is 7.97. The fraction of sp³-hybridized carbons (Fsp3) is 0.318. The number of hydrogen-bond acceptors (Lipinski definition) is 8. The number of carbonyl (C=O) groups is 1. The van der Waals surface area contributed by atoms with Gasteiger partial charge in [0.05, 0.1) is 18.4 Å². The van der Waals surface area contributed by atoms with E-state index in [1.165, 1.54) is 0 Å². The molecule has 1 aromatic heterocycles. The summed E-state index contributed by atoms with van der Waals surface area (Å²) in [4.78, 5) is 20.0. The van der Waals surface area contributed by atoms with E-state index in [0.717, 1.165) is 59.6 Å². The molecule has 32 heavy (non-hydrogen) atoms. The summed E-state index contributed by atoms with van der Waals surface area (Å²) in [6.45, 7) is 3.55. The quantitative estimate of drug-likeness (QED) is 0.398. The van der Waals surface area contributed by atoms with Gasteiger partial charge in [-0.05, 0) is 67.4 Å². The van der Waals surface area contributed by atoms with E-state index in [-0.39, 0.29) is 11.9 Å². The van der Waals surface area contributed by atoms with Gasteiger partial charge in [0.25, 0.3) is 11.7 Å². The molecule has 3 aliphatic heterocycles. The van der Waals surface area contributed by atoms with Crippen molar-refractivity contribution in [3.05, 3.63) is 60.4 Å². The Morgan fingerprint density at radius 1 is 1.28 bits per heavy atom. The van der Waals surface area contributed by atoms with Gasteiger partial charge in [-0.2, -0.15) is 10.1 Å². The summed E-state index contributed by atoms with van der Waals surface area (Å²) in [6, 6.07) is 9.80. The summed E-state index contributed by atoms with van der Waals surface area (Å²) in [7, 11) is 0. The van der Waals surface area contributed by atoms with E-state index in [0.29, 0.717) is 6.54 Å². The average Bonchev–Trinajstić information content (AvgIpc) is 3.44. The summed E-state index contributed by atoms with van der Waals surface area (Å²) in [5, 5.41) is 16.9. The van der Waals surface area contributed by atoms with E-state index in [1.807, 2.05) is 54.6 Å². The molecule has 0 saturated carbocycles. The minimum atomic E-state index is -0.0933. The molecule has 1 unspecified atom stereocenters. The van der Waals surface area contributed by atoms with E-state index in [4.69, 9.17) is 0 Å². The summed E-state index contributed by atoms with van der Waals surface area (Å²) in [5.74, 6) is 2.62. The van der Waals surface area contributed by atoms with Gasteiger partial charge in [-0.3, -0.25) is 19.5 Å². The second-order valence-corrected chi connectivity index (χ2v) is 9.09. The monoisotopic (exact) mass is 450 g/mol. The molecule has 9 nitrogen and oxygen atoms in total. The second-order valence-electron chi connectivity index (χ2n) is 7.97. The maximum Gasteiger partial charge on any atom is 0.285 e. The van der Waals surface area contributed by atoms with Crippen molar-refractivity contribution in [2.75, 3.05) is 23.7 Å². The van der Waals surface area contributed by atoms with Crippen molar-refractivity contribution in [1.29, 1.82) is 0 Å². The third kappa shape index (κ3) is 4.72. The number of rotatable bonds is 6. The number of aromatic nitrogens is 2. The number of carbonyl (C=O) groups excluding carboxylic acids is 1. The number of aliphatic imine (C=N–C) groups is 1. The normalized spacial score (nSPS) is 20.5. The molecule has 165 valence electrons. The Morgan fingerprint density at radius 3 is 2.91 bits per heavy atom. The number of amidine groups is 1. The Morgan fingerprint density at radius 2 is 2.16 bits per heavy atom. The molecule has 0 bridgehead atoms. The molecule has 0 aliphatic carbocycles. The highest BCUT2D eigenvalue weighted by Gasteiger charge is 2.37. The molecule has 0 spiro atoms. The number of benzene rings is 1. The third-order valence-corrected chi connectivity index (χ3v) is 6.43. The van der Waals surface area contributed by atoms with Gasteiger partial charge < -0.3 is 10.6 Å². The lowest BCUT2D eigenvalue weighted by molar-refractivity contribution is -0.118. The number of amides is 1. The molecular weight excluding hydrogens is 424 g/mol. The van der Waals surface area contributed by atoms with Gasteiger partial charge in [-0.1, -0.05) is 6.42 Å². The standard InChI is InChI=1S/C22H26N8OS/c1-15-12-19(28-27-15)26-21-14-29(13-20-24-10-11-30(20)21)32-17-7-5-16(6-8-17)25-22(31)18-4-2-3-9-23-18/h5-8,10-12,14,18,23H,2-4,9,13H2,1H3,(H,25,31)(H2,26,27,28)/q+1. The van der Waals surface area contributed by atoms with Gasteiger partial charge in [0.15, 0.2) is 12.0 Å². The van der Waals surface area contributed by atoms with Gasteiger partial charge in [0.1, 0.15) is 6.54 Å². The molecule has 3 aliphatic rings. The Balaban J connectivity index is 1.24. The number of aryl methyl sites for hydroxylation is 1. The van der Waals surface area contributed by atoms with E-state index in [2.05, 4.69) is 35.4 Å². The molecule has 1 amide bonds. The van der Waals surface area contributed by atoms with Gasteiger partial charge in [-0.25, -0.2) is 0 Å². The highest BCUT2D eigenvalue weighted by Crippen LogP contribution is 2.29. The number of nitrogens with zero attached hydrogens (tertiary/aromatic N) is 4. The van der Waals surface area contributed by atoms with E-state index >= 15 is 0 Å². The molecule has 10 heteroatoms. The summed E-state index contributed by atoms with van der Waals surface area (Å²) in [5.41, 5.74) is 1.81. The van der Waals surface area contributed by atoms with Crippen LogP contribution in [0.15, 0.2) is 64.6 Å². The zero-order valence-electron chi connectivity index (χ0n) is 17.8. The SMILES string of the molecule is Cc1cc(NC2=CN(Sc3ccc(NC(=O)C4CCCCN4)cc3)CC3=NC=C[N+]23)n[nH]1. The first-order valence-electron chi connectivity index (χ1n) is 10.8. The first-order chi connectivity index (χ1) is 15.6. The topological polar surface area (TPSA) is 103 Å². The number of fused-ring (bicyclic) bond motifs is 1. The number of piperidine rings is 1. The molecule has 4 heterocycles. The molecule has 2 aromatic rings. The van der Waals surface area contributed by atoms with Crippen LogP contribution in [0.5, 0.6) is 0 Å². The summed E-state index contributed by atoms with van der Waals surface area (Å²) >= 11 is 1.62. The van der Waals surface area contributed by atoms with Crippen molar-refractivity contribution in [3.8, 4) is 0 Å². The first kappa shape index (κ1) is 20.8. The van der Waals surface area contributed by atoms with Crippen LogP contribution in [0.1, 0.15) is 25.0 Å². The van der Waals surface area contributed by atoms with E-state index < -0.39 is 0 Å². The van der Waals surface area contributed by atoms with Crippen LogP contribution in [-0.2, 0) is 4.79 Å². The molecule has 1 aromatic carbocycles. The van der Waals surface area contributed by atoms with Crippen molar-refractivity contribution in [2.24, 2.45) is 4.99 Å². The fourth-order valence-electron chi connectivity index (χ4n) is 3.86. The molecule has 1 atom stereocenters. The summed E-state index contributed by atoms with van der Waals surface area (Å²) in [6.07, 6.45) is 8.92. The van der Waals surface area contributed by atoms with Crippen molar-refractivity contribution in [2.45, 2.75) is 37.1 Å². The van der Waals surface area contributed by atoms with Crippen molar-refractivity contribution in [3.63, 3.8) is 0 Å². The van der Waals surface area contributed by atoms with Crippen LogP contribution in [0.4, 0.5) is 11.5 Å². The lowest BCUT2D eigenvalue weighted by atomic mass is 10.0. The van der Waals surface area contributed by atoms with Crippen LogP contribution in [0.25, 0.3) is 0 Å². The second kappa shape index (κ2) is 9.19. The predicted octanol–water partition coefficient (Wildman–Crippen LogP) is 3.06. The van der Waals surface area contributed by atoms with Crippen LogP contribution in [0, 0.1) is 6.92 Å². The average molecular weight is 451 g/mol. The lowest BCUT2D eigenvalue weighted by Gasteiger charge is -2.24. The van der Waals surface area contributed by atoms with Crippen LogP contribution >= 0.6 is 11.9 Å². The molecule has 1 radical (unpaired) electrons. The Labute approximate surface area is 191 Å². The maximum atomic E-state index is 12.4. The fourth-order valence-corrected chi connectivity index (χ4v) is 4.72. The first-order valence-corrected chi connectivity index (χ1v) is 11.5. The predicted molar refractivity (Wildman–Crippen MR) is 127 cm³/mol. The van der Waals surface area contributed by atoms with Crippen LogP contribution in [-0.4, -0.2) is 45.4 Å². The molecule has 1 saturated heterocycles. The van der Waals surface area contributed by atoms with Gasteiger partial charge in [-0.15, -0.1) is 0 Å². The van der Waals surface area contributed by atoms with Crippen molar-refractivity contribution >= 4 is 35.2 Å². The zero-order valence-corrected chi connectivity index (χ0v) is 18.7. The van der Waals surface area contributed by atoms with Crippen molar-refractivity contribution in [1.82, 2.24) is 24.7 Å². The van der Waals surface area contributed by atoms with Gasteiger partial charge in [0.2, 0.25) is 5.91 Å². The van der Waals surface area contributed by atoms with Crippen LogP contribution in [0.2, 0.25) is 0 Å². The Kier molecular flexibility index (Phi) is 5.97. The smallest absolute Gasteiger partial charge is 0.285 e. The van der Waals surface area contributed by atoms with Gasteiger partial charge >= 0.3 is 0 Å². The molecule has 5 rings (SSSR count). The molecule has 4 N–H and O–H groups in total. The molecule has 1 fully saturated rings.